The predicted molar refractivity (Wildman–Crippen MR) is 78.4 cm³/mol. The minimum atomic E-state index is -0.421. The van der Waals surface area contributed by atoms with E-state index in [1.165, 1.54) is 10.9 Å². The van der Waals surface area contributed by atoms with Gasteiger partial charge in [-0.1, -0.05) is 6.07 Å². The van der Waals surface area contributed by atoms with Crippen molar-refractivity contribution in [1.82, 2.24) is 5.43 Å². The zero-order valence-corrected chi connectivity index (χ0v) is 11.9. The summed E-state index contributed by atoms with van der Waals surface area (Å²) >= 11 is 1.73. The van der Waals surface area contributed by atoms with Gasteiger partial charge in [-0.3, -0.25) is 11.3 Å². The topological polar surface area (TPSA) is 38.0 Å². The number of aryl methyl sites for hydroxylation is 1. The van der Waals surface area contributed by atoms with Crippen molar-refractivity contribution in [3.05, 3.63) is 57.8 Å². The van der Waals surface area contributed by atoms with Crippen molar-refractivity contribution in [2.75, 3.05) is 0 Å². The van der Waals surface area contributed by atoms with Crippen LogP contribution in [0.15, 0.2) is 35.7 Å². The van der Waals surface area contributed by atoms with Gasteiger partial charge in [0.05, 0.1) is 0 Å². The molecule has 1 heterocycles. The Balaban J connectivity index is 1.86. The summed E-state index contributed by atoms with van der Waals surface area (Å²) in [6.45, 7) is 0. The molecule has 0 saturated heterocycles. The second-order valence-electron chi connectivity index (χ2n) is 4.78. The molecule has 1 unspecified atom stereocenters. The van der Waals surface area contributed by atoms with Crippen molar-refractivity contribution in [2.45, 2.75) is 31.7 Å². The highest BCUT2D eigenvalue weighted by Gasteiger charge is 2.12. The maximum absolute atomic E-state index is 13.6. The summed E-state index contributed by atoms with van der Waals surface area (Å²) in [6.07, 6.45) is 3.17. The number of hydrogen-bond acceptors (Lipinski definition) is 3. The minimum Gasteiger partial charge on any atom is -0.271 e. The van der Waals surface area contributed by atoms with Gasteiger partial charge in [0.2, 0.25) is 0 Å². The quantitative estimate of drug-likeness (QED) is 0.607. The normalized spacial score (nSPS) is 12.6. The van der Waals surface area contributed by atoms with Gasteiger partial charge in [0.15, 0.2) is 0 Å². The van der Waals surface area contributed by atoms with Crippen LogP contribution in [0.4, 0.5) is 8.78 Å². The van der Waals surface area contributed by atoms with E-state index in [9.17, 15) is 8.78 Å². The van der Waals surface area contributed by atoms with Crippen LogP contribution < -0.4 is 11.3 Å². The fourth-order valence-corrected chi connectivity index (χ4v) is 2.94. The molecule has 0 spiro atoms. The third-order valence-corrected chi connectivity index (χ3v) is 4.20. The molecule has 5 heteroatoms. The van der Waals surface area contributed by atoms with Crippen molar-refractivity contribution in [3.8, 4) is 0 Å². The first-order chi connectivity index (χ1) is 9.69. The van der Waals surface area contributed by atoms with Gasteiger partial charge in [-0.15, -0.1) is 11.3 Å². The van der Waals surface area contributed by atoms with Crippen LogP contribution in [0.2, 0.25) is 0 Å². The van der Waals surface area contributed by atoms with E-state index in [4.69, 9.17) is 5.84 Å². The smallest absolute Gasteiger partial charge is 0.126 e. The molecule has 1 aromatic carbocycles. The maximum Gasteiger partial charge on any atom is 0.126 e. The molecule has 0 fully saturated rings. The zero-order valence-electron chi connectivity index (χ0n) is 11.1. The van der Waals surface area contributed by atoms with Gasteiger partial charge >= 0.3 is 0 Å². The number of nitrogens with one attached hydrogen (secondary N) is 1. The lowest BCUT2D eigenvalue weighted by molar-refractivity contribution is 0.465. The number of nitrogens with two attached hydrogens (primary N) is 1. The number of hydrazine groups is 1. The van der Waals surface area contributed by atoms with E-state index in [1.54, 1.807) is 11.3 Å². The molecule has 0 aliphatic carbocycles. The minimum absolute atomic E-state index is 0.0498. The molecule has 0 bridgehead atoms. The predicted octanol–water partition coefficient (Wildman–Crippen LogP) is 3.42. The molecular formula is C15H18F2N2S. The number of hydrogen-bond donors (Lipinski definition) is 2. The van der Waals surface area contributed by atoms with Gasteiger partial charge < -0.3 is 0 Å². The molecule has 2 nitrogen and oxygen atoms in total. The Morgan fingerprint density at radius 1 is 1.25 bits per heavy atom. The van der Waals surface area contributed by atoms with Gasteiger partial charge in [0, 0.05) is 10.9 Å². The molecule has 20 heavy (non-hydrogen) atoms. The molecule has 2 aromatic rings. The molecule has 0 aliphatic rings. The molecule has 1 atom stereocenters. The van der Waals surface area contributed by atoms with E-state index in [1.807, 2.05) is 6.07 Å². The van der Waals surface area contributed by atoms with Crippen molar-refractivity contribution in [3.63, 3.8) is 0 Å². The van der Waals surface area contributed by atoms with Gasteiger partial charge in [0.25, 0.3) is 0 Å². The summed E-state index contributed by atoms with van der Waals surface area (Å²) in [5.74, 6) is 4.70. The average Bonchev–Trinajstić information content (AvgIpc) is 2.94. The summed E-state index contributed by atoms with van der Waals surface area (Å²) in [7, 11) is 0. The van der Waals surface area contributed by atoms with Crippen LogP contribution in [-0.2, 0) is 12.8 Å². The fourth-order valence-electron chi connectivity index (χ4n) is 2.19. The lowest BCUT2D eigenvalue weighted by Crippen LogP contribution is -2.37. The molecule has 2 rings (SSSR count). The lowest BCUT2D eigenvalue weighted by Gasteiger charge is -2.16. The van der Waals surface area contributed by atoms with E-state index in [-0.39, 0.29) is 11.9 Å². The highest BCUT2D eigenvalue weighted by molar-refractivity contribution is 7.09. The third-order valence-electron chi connectivity index (χ3n) is 3.27. The second kappa shape index (κ2) is 7.47. The molecule has 108 valence electrons. The highest BCUT2D eigenvalue weighted by Crippen LogP contribution is 2.16. The summed E-state index contributed by atoms with van der Waals surface area (Å²) in [5.41, 5.74) is 3.06. The van der Waals surface area contributed by atoms with Crippen LogP contribution in [0.1, 0.15) is 23.3 Å². The van der Waals surface area contributed by atoms with Crippen LogP contribution >= 0.6 is 11.3 Å². The molecule has 0 radical (unpaired) electrons. The standard InChI is InChI=1S/C15H18F2N2S/c16-12-6-7-15(17)11(9-12)10-13(19-18)3-1-4-14-5-2-8-20-14/h2,5-9,13,19H,1,3-4,10,18H2. The molecule has 0 saturated carbocycles. The van der Waals surface area contributed by atoms with E-state index < -0.39 is 5.82 Å². The first-order valence-electron chi connectivity index (χ1n) is 6.61. The Morgan fingerprint density at radius 2 is 2.10 bits per heavy atom. The summed E-state index contributed by atoms with van der Waals surface area (Å²) < 4.78 is 26.7. The molecule has 0 aliphatic heterocycles. The van der Waals surface area contributed by atoms with Crippen molar-refractivity contribution in [2.24, 2.45) is 5.84 Å². The zero-order chi connectivity index (χ0) is 14.4. The van der Waals surface area contributed by atoms with Gasteiger partial charge in [0.1, 0.15) is 11.6 Å². The Bertz CT molecular complexity index is 529. The molecule has 0 amide bonds. The maximum atomic E-state index is 13.6. The van der Waals surface area contributed by atoms with Gasteiger partial charge in [-0.2, -0.15) is 0 Å². The van der Waals surface area contributed by atoms with Crippen LogP contribution in [0.5, 0.6) is 0 Å². The second-order valence-corrected chi connectivity index (χ2v) is 5.81. The van der Waals surface area contributed by atoms with Crippen LogP contribution in [0.3, 0.4) is 0 Å². The van der Waals surface area contributed by atoms with E-state index in [0.29, 0.717) is 12.0 Å². The summed E-state index contributed by atoms with van der Waals surface area (Å²) in [5, 5.41) is 2.05. The Labute approximate surface area is 121 Å². The molecule has 1 aromatic heterocycles. The number of benzene rings is 1. The lowest BCUT2D eigenvalue weighted by atomic mass is 10.0. The highest BCUT2D eigenvalue weighted by atomic mass is 32.1. The van der Waals surface area contributed by atoms with E-state index in [2.05, 4.69) is 16.9 Å². The first-order valence-corrected chi connectivity index (χ1v) is 7.49. The number of thiophene rings is 1. The SMILES string of the molecule is NNC(CCCc1cccs1)Cc1cc(F)ccc1F. The molecular weight excluding hydrogens is 278 g/mol. The van der Waals surface area contributed by atoms with Crippen molar-refractivity contribution >= 4 is 11.3 Å². The van der Waals surface area contributed by atoms with E-state index >= 15 is 0 Å². The Kier molecular flexibility index (Phi) is 5.64. The number of rotatable bonds is 7. The van der Waals surface area contributed by atoms with Crippen molar-refractivity contribution < 1.29 is 8.78 Å². The summed E-state index contributed by atoms with van der Waals surface area (Å²) in [6, 6.07) is 7.60. The average molecular weight is 296 g/mol. The van der Waals surface area contributed by atoms with Crippen LogP contribution in [0.25, 0.3) is 0 Å². The fraction of sp³-hybridized carbons (Fsp3) is 0.333. The number of halogens is 2. The Morgan fingerprint density at radius 3 is 2.80 bits per heavy atom. The van der Waals surface area contributed by atoms with Crippen LogP contribution in [-0.4, -0.2) is 6.04 Å². The largest absolute Gasteiger partial charge is 0.271 e. The third kappa shape index (κ3) is 4.37. The van der Waals surface area contributed by atoms with Crippen LogP contribution in [0, 0.1) is 11.6 Å². The molecule has 3 N–H and O–H groups in total. The Hall–Kier alpha value is -1.30. The first kappa shape index (κ1) is 15.1. The van der Waals surface area contributed by atoms with Gasteiger partial charge in [-0.25, -0.2) is 8.78 Å². The summed E-state index contributed by atoms with van der Waals surface area (Å²) in [4.78, 5) is 1.33. The monoisotopic (exact) mass is 296 g/mol. The van der Waals surface area contributed by atoms with E-state index in [0.717, 1.165) is 31.4 Å². The van der Waals surface area contributed by atoms with Crippen molar-refractivity contribution in [1.29, 1.82) is 0 Å². The van der Waals surface area contributed by atoms with Gasteiger partial charge in [-0.05, 0) is 60.9 Å².